The minimum absolute atomic E-state index is 0.115. The van der Waals surface area contributed by atoms with Crippen molar-refractivity contribution in [3.05, 3.63) is 75.3 Å². The number of esters is 1. The maximum absolute atomic E-state index is 12.1. The summed E-state index contributed by atoms with van der Waals surface area (Å²) in [4.78, 5) is 22.4. The van der Waals surface area contributed by atoms with Gasteiger partial charge in [0.05, 0.1) is 10.5 Å². The summed E-state index contributed by atoms with van der Waals surface area (Å²) in [5.41, 5.74) is 2.30. The standard InChI is InChI=1S/C16H13NO4/c18-16(12-5-3-6-13(10-12)17(19)20)21-15-9-8-11-4-1-2-7-14(11)15/h1-7,10,15H,8-9H2/t15-/m0/s1. The summed E-state index contributed by atoms with van der Waals surface area (Å²) in [5.74, 6) is -0.527. The van der Waals surface area contributed by atoms with Crippen molar-refractivity contribution in [2.24, 2.45) is 0 Å². The van der Waals surface area contributed by atoms with Crippen molar-refractivity contribution in [2.75, 3.05) is 0 Å². The van der Waals surface area contributed by atoms with Crippen LogP contribution in [0.1, 0.15) is 34.0 Å². The van der Waals surface area contributed by atoms with Crippen LogP contribution in [0.5, 0.6) is 0 Å². The molecule has 0 spiro atoms. The largest absolute Gasteiger partial charge is 0.454 e. The summed E-state index contributed by atoms with van der Waals surface area (Å²) in [6, 6.07) is 13.4. The minimum atomic E-state index is -0.527. The number of hydrogen-bond donors (Lipinski definition) is 0. The molecule has 0 aliphatic heterocycles. The fourth-order valence-corrected chi connectivity index (χ4v) is 2.58. The van der Waals surface area contributed by atoms with Gasteiger partial charge in [0.25, 0.3) is 5.69 Å². The minimum Gasteiger partial charge on any atom is -0.454 e. The molecule has 0 bridgehead atoms. The maximum Gasteiger partial charge on any atom is 0.338 e. The lowest BCUT2D eigenvalue weighted by molar-refractivity contribution is -0.384. The molecule has 1 atom stereocenters. The van der Waals surface area contributed by atoms with Gasteiger partial charge < -0.3 is 4.74 Å². The molecule has 2 aromatic carbocycles. The number of rotatable bonds is 3. The van der Waals surface area contributed by atoms with E-state index in [0.717, 1.165) is 18.4 Å². The van der Waals surface area contributed by atoms with Crippen LogP contribution >= 0.6 is 0 Å². The van der Waals surface area contributed by atoms with Crippen molar-refractivity contribution in [3.63, 3.8) is 0 Å². The zero-order chi connectivity index (χ0) is 14.8. The van der Waals surface area contributed by atoms with Crippen molar-refractivity contribution in [2.45, 2.75) is 18.9 Å². The van der Waals surface area contributed by atoms with E-state index in [-0.39, 0.29) is 17.4 Å². The number of aryl methyl sites for hydroxylation is 1. The highest BCUT2D eigenvalue weighted by Gasteiger charge is 2.26. The van der Waals surface area contributed by atoms with Crippen molar-refractivity contribution in [1.82, 2.24) is 0 Å². The van der Waals surface area contributed by atoms with Crippen LogP contribution in [-0.2, 0) is 11.2 Å². The van der Waals surface area contributed by atoms with Crippen molar-refractivity contribution >= 4 is 11.7 Å². The fourth-order valence-electron chi connectivity index (χ4n) is 2.58. The summed E-state index contributed by atoms with van der Waals surface area (Å²) in [6.07, 6.45) is 1.36. The zero-order valence-corrected chi connectivity index (χ0v) is 11.2. The molecular weight excluding hydrogens is 270 g/mol. The molecule has 5 nitrogen and oxygen atoms in total. The number of nitro groups is 1. The number of fused-ring (bicyclic) bond motifs is 1. The van der Waals surface area contributed by atoms with Crippen molar-refractivity contribution < 1.29 is 14.5 Å². The number of nitrogens with zero attached hydrogens (tertiary/aromatic N) is 1. The predicted molar refractivity (Wildman–Crippen MR) is 76.0 cm³/mol. The third-order valence-electron chi connectivity index (χ3n) is 3.62. The molecule has 3 rings (SSSR count). The van der Waals surface area contributed by atoms with E-state index in [2.05, 4.69) is 0 Å². The average molecular weight is 283 g/mol. The second-order valence-electron chi connectivity index (χ2n) is 4.94. The number of ether oxygens (including phenoxy) is 1. The average Bonchev–Trinajstić information content (AvgIpc) is 2.91. The van der Waals surface area contributed by atoms with Gasteiger partial charge >= 0.3 is 5.97 Å². The quantitative estimate of drug-likeness (QED) is 0.491. The van der Waals surface area contributed by atoms with Crippen LogP contribution in [-0.4, -0.2) is 10.9 Å². The van der Waals surface area contributed by atoms with Crippen LogP contribution in [0.3, 0.4) is 0 Å². The van der Waals surface area contributed by atoms with E-state index in [1.807, 2.05) is 24.3 Å². The van der Waals surface area contributed by atoms with E-state index >= 15 is 0 Å². The molecule has 0 fully saturated rings. The predicted octanol–water partition coefficient (Wildman–Crippen LogP) is 3.44. The molecule has 21 heavy (non-hydrogen) atoms. The first-order valence-corrected chi connectivity index (χ1v) is 6.68. The molecule has 0 N–H and O–H groups in total. The Balaban J connectivity index is 1.79. The van der Waals surface area contributed by atoms with Gasteiger partial charge in [0.2, 0.25) is 0 Å². The van der Waals surface area contributed by atoms with Crippen LogP contribution in [0.4, 0.5) is 5.69 Å². The summed E-state index contributed by atoms with van der Waals surface area (Å²) in [7, 11) is 0. The SMILES string of the molecule is O=C(O[C@H]1CCc2ccccc21)c1cccc([N+](=O)[O-])c1. The Bertz CT molecular complexity index is 711. The number of carbonyl (C=O) groups is 1. The molecule has 0 amide bonds. The Morgan fingerprint density at radius 1 is 1.19 bits per heavy atom. The van der Waals surface area contributed by atoms with Crippen molar-refractivity contribution in [1.29, 1.82) is 0 Å². The summed E-state index contributed by atoms with van der Waals surface area (Å²) in [5, 5.41) is 10.7. The normalized spacial score (nSPS) is 16.3. The molecule has 106 valence electrons. The molecule has 0 saturated carbocycles. The lowest BCUT2D eigenvalue weighted by atomic mass is 10.1. The van der Waals surface area contributed by atoms with E-state index in [1.54, 1.807) is 0 Å². The highest BCUT2D eigenvalue weighted by molar-refractivity contribution is 5.90. The first-order chi connectivity index (χ1) is 10.1. The lowest BCUT2D eigenvalue weighted by Crippen LogP contribution is -2.09. The van der Waals surface area contributed by atoms with Gasteiger partial charge in [-0.05, 0) is 30.0 Å². The Hall–Kier alpha value is -2.69. The smallest absolute Gasteiger partial charge is 0.338 e. The van der Waals surface area contributed by atoms with Crippen LogP contribution in [0, 0.1) is 10.1 Å². The second-order valence-corrected chi connectivity index (χ2v) is 4.94. The fraction of sp³-hybridized carbons (Fsp3) is 0.188. The Labute approximate surface area is 121 Å². The molecule has 1 aliphatic rings. The number of hydrogen-bond acceptors (Lipinski definition) is 4. The molecule has 5 heteroatoms. The molecule has 0 heterocycles. The van der Waals surface area contributed by atoms with Crippen LogP contribution in [0.25, 0.3) is 0 Å². The number of non-ortho nitro benzene ring substituents is 1. The van der Waals surface area contributed by atoms with Crippen LogP contribution in [0.15, 0.2) is 48.5 Å². The van der Waals surface area contributed by atoms with Crippen LogP contribution in [0.2, 0.25) is 0 Å². The molecule has 0 saturated heterocycles. The van der Waals surface area contributed by atoms with Gasteiger partial charge in [0.15, 0.2) is 0 Å². The monoisotopic (exact) mass is 283 g/mol. The Morgan fingerprint density at radius 2 is 2.00 bits per heavy atom. The van der Waals surface area contributed by atoms with E-state index in [4.69, 9.17) is 4.74 Å². The van der Waals surface area contributed by atoms with Gasteiger partial charge in [0, 0.05) is 12.1 Å². The highest BCUT2D eigenvalue weighted by Crippen LogP contribution is 2.34. The van der Waals surface area contributed by atoms with E-state index in [9.17, 15) is 14.9 Å². The van der Waals surface area contributed by atoms with Gasteiger partial charge in [-0.3, -0.25) is 10.1 Å². The van der Waals surface area contributed by atoms with Gasteiger partial charge in [-0.2, -0.15) is 0 Å². The number of carbonyl (C=O) groups excluding carboxylic acids is 1. The Morgan fingerprint density at radius 3 is 2.81 bits per heavy atom. The van der Waals surface area contributed by atoms with Gasteiger partial charge in [-0.25, -0.2) is 4.79 Å². The number of benzene rings is 2. The highest BCUT2D eigenvalue weighted by atomic mass is 16.6. The first-order valence-electron chi connectivity index (χ1n) is 6.68. The van der Waals surface area contributed by atoms with Gasteiger partial charge in [-0.15, -0.1) is 0 Å². The second kappa shape index (κ2) is 5.36. The zero-order valence-electron chi connectivity index (χ0n) is 11.2. The van der Waals surface area contributed by atoms with E-state index < -0.39 is 10.9 Å². The molecule has 0 radical (unpaired) electrons. The topological polar surface area (TPSA) is 69.4 Å². The number of nitro benzene ring substituents is 1. The molecular formula is C16H13NO4. The van der Waals surface area contributed by atoms with Gasteiger partial charge in [0.1, 0.15) is 6.10 Å². The Kier molecular flexibility index (Phi) is 3.39. The maximum atomic E-state index is 12.1. The molecule has 0 unspecified atom stereocenters. The molecule has 2 aromatic rings. The summed E-state index contributed by atoms with van der Waals surface area (Å²) >= 11 is 0. The van der Waals surface area contributed by atoms with E-state index in [1.165, 1.54) is 29.8 Å². The molecule has 0 aromatic heterocycles. The van der Waals surface area contributed by atoms with Crippen LogP contribution < -0.4 is 0 Å². The summed E-state index contributed by atoms with van der Waals surface area (Å²) in [6.45, 7) is 0. The lowest BCUT2D eigenvalue weighted by Gasteiger charge is -2.13. The third kappa shape index (κ3) is 2.63. The summed E-state index contributed by atoms with van der Waals surface area (Å²) < 4.78 is 5.50. The van der Waals surface area contributed by atoms with E-state index in [0.29, 0.717) is 0 Å². The first kappa shape index (κ1) is 13.3. The molecule has 1 aliphatic carbocycles. The van der Waals surface area contributed by atoms with Gasteiger partial charge in [-0.1, -0.05) is 30.3 Å². The van der Waals surface area contributed by atoms with Crippen molar-refractivity contribution in [3.8, 4) is 0 Å². The third-order valence-corrected chi connectivity index (χ3v) is 3.62.